The van der Waals surface area contributed by atoms with Crippen molar-refractivity contribution in [2.75, 3.05) is 31.1 Å². The number of amides is 1. The average molecular weight is 355 g/mol. The fourth-order valence-corrected chi connectivity index (χ4v) is 3.18. The van der Waals surface area contributed by atoms with Crippen LogP contribution in [0, 0.1) is 23.0 Å². The molecule has 1 amide bonds. The van der Waals surface area contributed by atoms with Crippen molar-refractivity contribution in [3.63, 3.8) is 0 Å². The van der Waals surface area contributed by atoms with Crippen LogP contribution in [-0.2, 0) is 11.2 Å². The highest BCUT2D eigenvalue weighted by molar-refractivity contribution is 5.77. The molecule has 3 rings (SSSR count). The Kier molecular flexibility index (Phi) is 5.47. The summed E-state index contributed by atoms with van der Waals surface area (Å²) in [5.41, 5.74) is 1.13. The Labute approximate surface area is 151 Å². The standard InChI is InChI=1S/C20H19F2N3O/c21-17-5-2-1-4-15(17)8-9-20(26)25-12-10-24(11-13-25)19-7-3-6-18(22)16(19)14-23/h1-7H,8-13H2. The van der Waals surface area contributed by atoms with Crippen molar-refractivity contribution < 1.29 is 13.6 Å². The minimum atomic E-state index is -0.534. The third-order valence-corrected chi connectivity index (χ3v) is 4.64. The van der Waals surface area contributed by atoms with Crippen molar-refractivity contribution in [2.24, 2.45) is 0 Å². The molecule has 0 spiro atoms. The van der Waals surface area contributed by atoms with Gasteiger partial charge in [0.15, 0.2) is 0 Å². The SMILES string of the molecule is N#Cc1c(F)cccc1N1CCN(C(=O)CCc2ccccc2F)CC1. The molecule has 1 heterocycles. The first-order valence-electron chi connectivity index (χ1n) is 8.55. The molecule has 0 saturated carbocycles. The van der Waals surface area contributed by atoms with Crippen LogP contribution in [-0.4, -0.2) is 37.0 Å². The topological polar surface area (TPSA) is 47.3 Å². The maximum Gasteiger partial charge on any atom is 0.223 e. The van der Waals surface area contributed by atoms with Gasteiger partial charge in [0, 0.05) is 32.6 Å². The maximum atomic E-state index is 13.8. The molecule has 4 nitrogen and oxygen atoms in total. The number of rotatable bonds is 4. The minimum Gasteiger partial charge on any atom is -0.367 e. The molecule has 26 heavy (non-hydrogen) atoms. The zero-order chi connectivity index (χ0) is 18.5. The number of carbonyl (C=O) groups excluding carboxylic acids is 1. The number of aryl methyl sites for hydroxylation is 1. The van der Waals surface area contributed by atoms with Gasteiger partial charge in [-0.2, -0.15) is 5.26 Å². The molecule has 1 saturated heterocycles. The highest BCUT2D eigenvalue weighted by Gasteiger charge is 2.23. The van der Waals surface area contributed by atoms with Crippen molar-refractivity contribution in [3.8, 4) is 6.07 Å². The first-order valence-corrected chi connectivity index (χ1v) is 8.55. The number of nitriles is 1. The van der Waals surface area contributed by atoms with Crippen LogP contribution in [0.15, 0.2) is 42.5 Å². The third-order valence-electron chi connectivity index (χ3n) is 4.64. The second-order valence-corrected chi connectivity index (χ2v) is 6.21. The first-order chi connectivity index (χ1) is 12.6. The van der Waals surface area contributed by atoms with E-state index in [0.29, 0.717) is 43.9 Å². The van der Waals surface area contributed by atoms with Crippen LogP contribution in [0.3, 0.4) is 0 Å². The summed E-state index contributed by atoms with van der Waals surface area (Å²) in [6.07, 6.45) is 0.624. The van der Waals surface area contributed by atoms with Gasteiger partial charge in [-0.15, -0.1) is 0 Å². The number of hydrogen-bond acceptors (Lipinski definition) is 3. The molecule has 1 fully saturated rings. The summed E-state index contributed by atoms with van der Waals surface area (Å²) in [5, 5.41) is 9.16. The lowest BCUT2D eigenvalue weighted by Gasteiger charge is -2.36. The molecule has 2 aromatic rings. The molecule has 2 aromatic carbocycles. The number of nitrogens with zero attached hydrogens (tertiary/aromatic N) is 3. The average Bonchev–Trinajstić information content (AvgIpc) is 2.67. The fraction of sp³-hybridized carbons (Fsp3) is 0.300. The van der Waals surface area contributed by atoms with Gasteiger partial charge in [-0.25, -0.2) is 8.78 Å². The van der Waals surface area contributed by atoms with Crippen molar-refractivity contribution in [1.82, 2.24) is 4.90 Å². The van der Waals surface area contributed by atoms with E-state index in [9.17, 15) is 13.6 Å². The second kappa shape index (κ2) is 7.96. The van der Waals surface area contributed by atoms with Gasteiger partial charge < -0.3 is 9.80 Å². The first kappa shape index (κ1) is 17.9. The number of hydrogen-bond donors (Lipinski definition) is 0. The van der Waals surface area contributed by atoms with E-state index >= 15 is 0 Å². The van der Waals surface area contributed by atoms with Gasteiger partial charge in [-0.1, -0.05) is 24.3 Å². The van der Waals surface area contributed by atoms with E-state index in [-0.39, 0.29) is 23.7 Å². The smallest absolute Gasteiger partial charge is 0.223 e. The van der Waals surface area contributed by atoms with Crippen molar-refractivity contribution in [3.05, 3.63) is 65.2 Å². The summed E-state index contributed by atoms with van der Waals surface area (Å²) in [7, 11) is 0. The Morgan fingerprint density at radius 3 is 2.38 bits per heavy atom. The molecular formula is C20H19F2N3O. The Bertz CT molecular complexity index is 839. The van der Waals surface area contributed by atoms with E-state index in [1.54, 1.807) is 35.2 Å². The van der Waals surface area contributed by atoms with E-state index in [4.69, 9.17) is 5.26 Å². The van der Waals surface area contributed by atoms with Crippen LogP contribution < -0.4 is 4.90 Å². The third kappa shape index (κ3) is 3.83. The van der Waals surface area contributed by atoms with E-state index in [2.05, 4.69) is 0 Å². The summed E-state index contributed by atoms with van der Waals surface area (Å²) < 4.78 is 27.4. The van der Waals surface area contributed by atoms with Crippen LogP contribution in [0.2, 0.25) is 0 Å². The molecule has 0 unspecified atom stereocenters. The largest absolute Gasteiger partial charge is 0.367 e. The molecule has 0 aromatic heterocycles. The normalized spacial score (nSPS) is 14.2. The molecule has 6 heteroatoms. The molecule has 0 bridgehead atoms. The van der Waals surface area contributed by atoms with Gasteiger partial charge in [-0.05, 0) is 30.2 Å². The summed E-state index contributed by atoms with van der Waals surface area (Å²) in [6, 6.07) is 12.9. The Hall–Kier alpha value is -2.94. The predicted octanol–water partition coefficient (Wildman–Crippen LogP) is 3.12. The zero-order valence-electron chi connectivity index (χ0n) is 14.3. The van der Waals surface area contributed by atoms with E-state index in [1.807, 2.05) is 11.0 Å². The van der Waals surface area contributed by atoms with Crippen molar-refractivity contribution >= 4 is 11.6 Å². The molecule has 134 valence electrons. The number of anilines is 1. The van der Waals surface area contributed by atoms with Gasteiger partial charge >= 0.3 is 0 Å². The quantitative estimate of drug-likeness (QED) is 0.847. The van der Waals surface area contributed by atoms with Gasteiger partial charge in [0.1, 0.15) is 23.3 Å². The molecular weight excluding hydrogens is 336 g/mol. The van der Waals surface area contributed by atoms with E-state index in [1.165, 1.54) is 12.1 Å². The lowest BCUT2D eigenvalue weighted by Crippen LogP contribution is -2.49. The maximum absolute atomic E-state index is 13.8. The second-order valence-electron chi connectivity index (χ2n) is 6.21. The summed E-state index contributed by atoms with van der Waals surface area (Å²) in [5.74, 6) is -0.846. The number of benzene rings is 2. The highest BCUT2D eigenvalue weighted by atomic mass is 19.1. The van der Waals surface area contributed by atoms with Crippen LogP contribution >= 0.6 is 0 Å². The fourth-order valence-electron chi connectivity index (χ4n) is 3.18. The monoisotopic (exact) mass is 355 g/mol. The zero-order valence-corrected chi connectivity index (χ0v) is 14.3. The molecule has 1 aliphatic heterocycles. The van der Waals surface area contributed by atoms with E-state index in [0.717, 1.165) is 0 Å². The van der Waals surface area contributed by atoms with Crippen LogP contribution in [0.1, 0.15) is 17.5 Å². The summed E-state index contributed by atoms with van der Waals surface area (Å²) in [6.45, 7) is 2.06. The van der Waals surface area contributed by atoms with Crippen LogP contribution in [0.4, 0.5) is 14.5 Å². The molecule has 0 radical (unpaired) electrons. The van der Waals surface area contributed by atoms with Crippen molar-refractivity contribution in [2.45, 2.75) is 12.8 Å². The van der Waals surface area contributed by atoms with E-state index < -0.39 is 5.82 Å². The molecule has 0 N–H and O–H groups in total. The lowest BCUT2D eigenvalue weighted by molar-refractivity contribution is -0.131. The molecule has 1 aliphatic rings. The van der Waals surface area contributed by atoms with Gasteiger partial charge in [0.05, 0.1) is 5.69 Å². The number of carbonyl (C=O) groups is 1. The van der Waals surface area contributed by atoms with Gasteiger partial charge in [0.2, 0.25) is 5.91 Å². The lowest BCUT2D eigenvalue weighted by atomic mass is 10.1. The Morgan fingerprint density at radius 2 is 1.69 bits per heavy atom. The molecule has 0 aliphatic carbocycles. The van der Waals surface area contributed by atoms with Crippen LogP contribution in [0.25, 0.3) is 0 Å². The van der Waals surface area contributed by atoms with Gasteiger partial charge in [-0.3, -0.25) is 4.79 Å². The Balaban J connectivity index is 1.57. The predicted molar refractivity (Wildman–Crippen MR) is 94.6 cm³/mol. The highest BCUT2D eigenvalue weighted by Crippen LogP contribution is 2.24. The van der Waals surface area contributed by atoms with Crippen molar-refractivity contribution in [1.29, 1.82) is 5.26 Å². The number of halogens is 2. The van der Waals surface area contributed by atoms with Crippen LogP contribution in [0.5, 0.6) is 0 Å². The summed E-state index contributed by atoms with van der Waals surface area (Å²) in [4.78, 5) is 16.0. The minimum absolute atomic E-state index is 0.0207. The molecule has 0 atom stereocenters. The van der Waals surface area contributed by atoms with Gasteiger partial charge in [0.25, 0.3) is 0 Å². The summed E-state index contributed by atoms with van der Waals surface area (Å²) >= 11 is 0. The Morgan fingerprint density at radius 1 is 1.00 bits per heavy atom. The number of piperazine rings is 1.